The van der Waals surface area contributed by atoms with Crippen molar-refractivity contribution in [1.82, 2.24) is 19.5 Å². The summed E-state index contributed by atoms with van der Waals surface area (Å²) in [5, 5.41) is 0. The van der Waals surface area contributed by atoms with Gasteiger partial charge in [-0.15, -0.1) is 0 Å². The summed E-state index contributed by atoms with van der Waals surface area (Å²) in [6, 6.07) is 5.20. The molecule has 0 amide bonds. The first-order valence-electron chi connectivity index (χ1n) is 7.74. The molecule has 4 rings (SSSR count). The molecule has 112 valence electrons. The molecule has 2 aromatic heterocycles. The van der Waals surface area contributed by atoms with E-state index in [-0.39, 0.29) is 5.82 Å². The molecule has 1 saturated carbocycles. The number of aryl methyl sites for hydroxylation is 1. The van der Waals surface area contributed by atoms with Crippen molar-refractivity contribution in [2.45, 2.75) is 38.6 Å². The highest BCUT2D eigenvalue weighted by Gasteiger charge is 2.29. The van der Waals surface area contributed by atoms with Gasteiger partial charge in [-0.25, -0.2) is 19.3 Å². The van der Waals surface area contributed by atoms with Crippen LogP contribution in [0, 0.1) is 5.82 Å². The van der Waals surface area contributed by atoms with Gasteiger partial charge < -0.3 is 4.57 Å². The molecule has 5 heteroatoms. The van der Waals surface area contributed by atoms with Crippen molar-refractivity contribution in [2.24, 2.45) is 0 Å². The lowest BCUT2D eigenvalue weighted by Crippen LogP contribution is -2.02. The monoisotopic (exact) mass is 296 g/mol. The van der Waals surface area contributed by atoms with Gasteiger partial charge in [-0.05, 0) is 37.5 Å². The normalized spacial score (nSPS) is 14.6. The van der Waals surface area contributed by atoms with Gasteiger partial charge in [0.25, 0.3) is 0 Å². The van der Waals surface area contributed by atoms with Gasteiger partial charge in [0.1, 0.15) is 18.0 Å². The fourth-order valence-electron chi connectivity index (χ4n) is 2.94. The molecule has 1 fully saturated rings. The van der Waals surface area contributed by atoms with E-state index in [1.165, 1.54) is 6.07 Å². The third kappa shape index (κ3) is 2.17. The molecule has 0 N–H and O–H groups in total. The van der Waals surface area contributed by atoms with E-state index in [1.807, 2.05) is 6.20 Å². The van der Waals surface area contributed by atoms with Crippen LogP contribution in [-0.4, -0.2) is 19.5 Å². The zero-order valence-corrected chi connectivity index (χ0v) is 12.5. The summed E-state index contributed by atoms with van der Waals surface area (Å²) >= 11 is 0. The SMILES string of the molecule is CCCc1ncncc1-c1nc2ccc(F)cc2n1C1CC1. The molecular formula is C17H17FN4. The molecule has 0 saturated heterocycles. The average Bonchev–Trinajstić information content (AvgIpc) is 3.29. The van der Waals surface area contributed by atoms with Crippen LogP contribution >= 0.6 is 0 Å². The minimum absolute atomic E-state index is 0.223. The van der Waals surface area contributed by atoms with Crippen LogP contribution in [0.3, 0.4) is 0 Å². The van der Waals surface area contributed by atoms with Crippen molar-refractivity contribution in [3.8, 4) is 11.4 Å². The second-order valence-corrected chi connectivity index (χ2v) is 5.80. The second kappa shape index (κ2) is 5.16. The largest absolute Gasteiger partial charge is 0.321 e. The first-order chi connectivity index (χ1) is 10.8. The summed E-state index contributed by atoms with van der Waals surface area (Å²) in [5.41, 5.74) is 3.67. The lowest BCUT2D eigenvalue weighted by Gasteiger charge is -2.10. The Morgan fingerprint density at radius 2 is 2.18 bits per heavy atom. The van der Waals surface area contributed by atoms with E-state index in [2.05, 4.69) is 21.5 Å². The van der Waals surface area contributed by atoms with E-state index in [4.69, 9.17) is 4.98 Å². The van der Waals surface area contributed by atoms with Crippen LogP contribution in [0.2, 0.25) is 0 Å². The van der Waals surface area contributed by atoms with Gasteiger partial charge in [0.05, 0.1) is 22.3 Å². The lowest BCUT2D eigenvalue weighted by molar-refractivity contribution is 0.628. The van der Waals surface area contributed by atoms with Gasteiger partial charge in [0.2, 0.25) is 0 Å². The minimum Gasteiger partial charge on any atom is -0.321 e. The zero-order valence-electron chi connectivity index (χ0n) is 12.5. The summed E-state index contributed by atoms with van der Waals surface area (Å²) in [6.45, 7) is 2.13. The van der Waals surface area contributed by atoms with Gasteiger partial charge >= 0.3 is 0 Å². The Morgan fingerprint density at radius 1 is 1.32 bits per heavy atom. The Morgan fingerprint density at radius 3 is 2.95 bits per heavy atom. The zero-order chi connectivity index (χ0) is 15.1. The van der Waals surface area contributed by atoms with Crippen LogP contribution in [-0.2, 0) is 6.42 Å². The molecular weight excluding hydrogens is 279 g/mol. The summed E-state index contributed by atoms with van der Waals surface area (Å²) in [4.78, 5) is 13.3. The fraction of sp³-hybridized carbons (Fsp3) is 0.353. The highest BCUT2D eigenvalue weighted by molar-refractivity contribution is 5.81. The average molecular weight is 296 g/mol. The van der Waals surface area contributed by atoms with Crippen molar-refractivity contribution >= 4 is 11.0 Å². The number of hydrogen-bond donors (Lipinski definition) is 0. The third-order valence-corrected chi connectivity index (χ3v) is 4.09. The molecule has 0 spiro atoms. The van der Waals surface area contributed by atoms with Gasteiger partial charge in [0.15, 0.2) is 0 Å². The second-order valence-electron chi connectivity index (χ2n) is 5.80. The topological polar surface area (TPSA) is 43.6 Å². The van der Waals surface area contributed by atoms with Gasteiger partial charge in [-0.3, -0.25) is 0 Å². The predicted octanol–water partition coefficient (Wildman–Crippen LogP) is 3.92. The predicted molar refractivity (Wildman–Crippen MR) is 83.0 cm³/mol. The summed E-state index contributed by atoms with van der Waals surface area (Å²) in [5.74, 6) is 0.645. The molecule has 1 aliphatic carbocycles. The summed E-state index contributed by atoms with van der Waals surface area (Å²) < 4.78 is 15.8. The fourth-order valence-corrected chi connectivity index (χ4v) is 2.94. The third-order valence-electron chi connectivity index (χ3n) is 4.09. The molecule has 0 aliphatic heterocycles. The Labute approximate surface area is 128 Å². The van der Waals surface area contributed by atoms with E-state index in [0.29, 0.717) is 6.04 Å². The Kier molecular flexibility index (Phi) is 3.13. The first-order valence-corrected chi connectivity index (χ1v) is 7.74. The molecule has 0 radical (unpaired) electrons. The maximum absolute atomic E-state index is 13.6. The number of imidazole rings is 1. The number of halogens is 1. The standard InChI is InChI=1S/C17H17FN4/c1-2-3-14-13(9-19-10-20-14)17-21-15-7-4-11(18)8-16(15)22(17)12-5-6-12/h4,7-10,12H,2-3,5-6H2,1H3. The van der Waals surface area contributed by atoms with E-state index in [0.717, 1.165) is 53.8 Å². The molecule has 22 heavy (non-hydrogen) atoms. The van der Waals surface area contributed by atoms with Gasteiger partial charge in [-0.1, -0.05) is 13.3 Å². The van der Waals surface area contributed by atoms with Gasteiger partial charge in [-0.2, -0.15) is 0 Å². The molecule has 0 unspecified atom stereocenters. The molecule has 0 atom stereocenters. The van der Waals surface area contributed by atoms with E-state index < -0.39 is 0 Å². The summed E-state index contributed by atoms with van der Waals surface area (Å²) in [6.07, 6.45) is 7.55. The maximum atomic E-state index is 13.6. The molecule has 2 heterocycles. The number of rotatable bonds is 4. The van der Waals surface area contributed by atoms with Crippen LogP contribution in [0.15, 0.2) is 30.7 Å². The lowest BCUT2D eigenvalue weighted by atomic mass is 10.1. The van der Waals surface area contributed by atoms with Crippen LogP contribution < -0.4 is 0 Å². The molecule has 0 bridgehead atoms. The summed E-state index contributed by atoms with van der Waals surface area (Å²) in [7, 11) is 0. The van der Waals surface area contributed by atoms with Crippen molar-refractivity contribution < 1.29 is 4.39 Å². The van der Waals surface area contributed by atoms with Crippen molar-refractivity contribution in [3.63, 3.8) is 0 Å². The van der Waals surface area contributed by atoms with Crippen LogP contribution in [0.1, 0.15) is 37.9 Å². The number of hydrogen-bond acceptors (Lipinski definition) is 3. The van der Waals surface area contributed by atoms with Crippen LogP contribution in [0.25, 0.3) is 22.4 Å². The Bertz CT molecular complexity index is 836. The highest BCUT2D eigenvalue weighted by Crippen LogP contribution is 2.41. The highest BCUT2D eigenvalue weighted by atomic mass is 19.1. The number of aromatic nitrogens is 4. The quantitative estimate of drug-likeness (QED) is 0.733. The van der Waals surface area contributed by atoms with E-state index in [9.17, 15) is 4.39 Å². The Hall–Kier alpha value is -2.30. The van der Waals surface area contributed by atoms with Crippen molar-refractivity contribution in [1.29, 1.82) is 0 Å². The van der Waals surface area contributed by atoms with Crippen molar-refractivity contribution in [2.75, 3.05) is 0 Å². The van der Waals surface area contributed by atoms with Crippen molar-refractivity contribution in [3.05, 3.63) is 42.2 Å². The Balaban J connectivity index is 1.97. The van der Waals surface area contributed by atoms with E-state index >= 15 is 0 Å². The number of fused-ring (bicyclic) bond motifs is 1. The maximum Gasteiger partial charge on any atom is 0.144 e. The van der Waals surface area contributed by atoms with E-state index in [1.54, 1.807) is 18.5 Å². The first kappa shape index (κ1) is 13.4. The molecule has 1 aromatic carbocycles. The molecule has 3 aromatic rings. The molecule has 1 aliphatic rings. The van der Waals surface area contributed by atoms with Crippen LogP contribution in [0.5, 0.6) is 0 Å². The number of nitrogens with zero attached hydrogens (tertiary/aromatic N) is 4. The molecule has 4 nitrogen and oxygen atoms in total. The minimum atomic E-state index is -0.223. The van der Waals surface area contributed by atoms with Gasteiger partial charge in [0, 0.05) is 12.2 Å². The smallest absolute Gasteiger partial charge is 0.144 e. The number of benzene rings is 1. The van der Waals surface area contributed by atoms with Crippen LogP contribution in [0.4, 0.5) is 4.39 Å².